The Morgan fingerprint density at radius 3 is 1.53 bits per heavy atom. The van der Waals surface area contributed by atoms with E-state index in [0.29, 0.717) is 6.42 Å². The molecule has 394 valence electrons. The Labute approximate surface area is 427 Å². The number of aryl methyl sites for hydroxylation is 2. The van der Waals surface area contributed by atoms with Crippen molar-refractivity contribution in [2.24, 2.45) is 22.7 Å². The molecule has 7 amide bonds. The number of nitrogens with one attached hydrogen (secondary N) is 6. The lowest BCUT2D eigenvalue weighted by Gasteiger charge is -2.36. The quantitative estimate of drug-likeness (QED) is 0.117. The number of likely N-dealkylation sites (N-methyl/N-ethyl adjacent to an activating group) is 1. The smallest absolute Gasteiger partial charge is 0.246 e. The first-order valence-corrected chi connectivity index (χ1v) is 26.5. The number of rotatable bonds is 18. The minimum atomic E-state index is -0.941. The maximum absolute atomic E-state index is 14.6. The summed E-state index contributed by atoms with van der Waals surface area (Å²) in [4.78, 5) is 115. The van der Waals surface area contributed by atoms with Crippen molar-refractivity contribution in [1.82, 2.24) is 41.7 Å². The molecule has 0 saturated carbocycles. The number of Topliss-reactive ketones (excluding diaryl/α,β-unsaturated/α-hetero) is 1. The number of fused-ring (bicyclic) bond motifs is 2. The number of benzene rings is 2. The fourth-order valence-corrected chi connectivity index (χ4v) is 10.8. The van der Waals surface area contributed by atoms with Crippen LogP contribution in [0.25, 0.3) is 0 Å². The van der Waals surface area contributed by atoms with E-state index in [1.54, 1.807) is 20.9 Å². The van der Waals surface area contributed by atoms with Crippen molar-refractivity contribution in [2.45, 2.75) is 188 Å². The summed E-state index contributed by atoms with van der Waals surface area (Å²) in [6, 6.07) is 11.1. The highest BCUT2D eigenvalue weighted by Crippen LogP contribution is 2.36. The first-order valence-electron chi connectivity index (χ1n) is 26.5. The Bertz CT molecular complexity index is 2160. The van der Waals surface area contributed by atoms with Gasteiger partial charge in [-0.1, -0.05) is 104 Å². The van der Waals surface area contributed by atoms with Gasteiger partial charge in [0.05, 0.1) is 18.1 Å². The lowest BCUT2D eigenvalue weighted by atomic mass is 9.76. The third kappa shape index (κ3) is 13.7. The number of hydrogen-bond acceptors (Lipinski definition) is 9. The summed E-state index contributed by atoms with van der Waals surface area (Å²) in [5.74, 6) is -3.71. The van der Waals surface area contributed by atoms with Crippen molar-refractivity contribution in [3.63, 3.8) is 0 Å². The average molecular weight is 995 g/mol. The maximum atomic E-state index is 14.6. The number of amides is 7. The largest absolute Gasteiger partial charge is 0.351 e. The van der Waals surface area contributed by atoms with Gasteiger partial charge >= 0.3 is 0 Å². The van der Waals surface area contributed by atoms with Gasteiger partial charge in [0, 0.05) is 56.3 Å². The van der Waals surface area contributed by atoms with E-state index in [1.165, 1.54) is 20.9 Å². The van der Waals surface area contributed by atoms with Crippen molar-refractivity contribution in [1.29, 1.82) is 0 Å². The van der Waals surface area contributed by atoms with Crippen LogP contribution in [0.15, 0.2) is 48.5 Å². The van der Waals surface area contributed by atoms with Gasteiger partial charge in [-0.2, -0.15) is 0 Å². The van der Waals surface area contributed by atoms with Crippen LogP contribution in [0.2, 0.25) is 0 Å². The second-order valence-electron chi connectivity index (χ2n) is 23.0. The number of nitrogens with zero attached hydrogens (tertiary/aromatic N) is 2. The van der Waals surface area contributed by atoms with Crippen molar-refractivity contribution < 1.29 is 38.4 Å². The molecule has 2 saturated heterocycles. The Kier molecular flexibility index (Phi) is 18.5. The first-order chi connectivity index (χ1) is 34.0. The molecule has 0 spiro atoms. The van der Waals surface area contributed by atoms with E-state index in [2.05, 4.69) is 44.0 Å². The first kappa shape index (κ1) is 55.7. The molecule has 2 aliphatic carbocycles. The van der Waals surface area contributed by atoms with E-state index >= 15 is 0 Å². The van der Waals surface area contributed by atoms with Gasteiger partial charge in [0.2, 0.25) is 41.4 Å². The molecule has 2 aliphatic heterocycles. The highest BCUT2D eigenvalue weighted by atomic mass is 16.2. The van der Waals surface area contributed by atoms with Gasteiger partial charge in [0.15, 0.2) is 0 Å². The van der Waals surface area contributed by atoms with Crippen LogP contribution < -0.4 is 31.9 Å². The third-order valence-electron chi connectivity index (χ3n) is 15.6. The summed E-state index contributed by atoms with van der Waals surface area (Å²) in [6.07, 6.45) is 5.59. The van der Waals surface area contributed by atoms with Crippen molar-refractivity contribution >= 4 is 47.1 Å². The van der Waals surface area contributed by atoms with Crippen LogP contribution in [-0.2, 0) is 51.2 Å². The molecule has 16 nitrogen and oxygen atoms in total. The second kappa shape index (κ2) is 23.9. The van der Waals surface area contributed by atoms with E-state index in [1.807, 2.05) is 84.9 Å². The standard InChI is InChI=1S/C56H82N8O8/c1-11-33(2)50(68)62-49(56(7,8)9)54(72)64-32-38(29-45(64)52(70)61-43-25-17-21-36-19-13-15-23-40(36)43)59-48(67)27-26-47(66)58-37-28-44(51(69)60-42-24-16-20-35-18-12-14-22-39(35)42)63(31-37)53(71)41(55(4,5)6)30-46(65)34(3)57-10/h12-15,18-19,22-23,33-34,37-38,41-45,49,57H,11,16-17,20-21,24-32H2,1-10H3,(H,58,66)(H,59,67)(H,60,69)(H,61,70)(H,62,68)/t33-,34+,37+,38+,41-,42-,43-,44+,45+,49-/m1/s1. The maximum Gasteiger partial charge on any atom is 0.246 e. The minimum absolute atomic E-state index is 0.0172. The molecule has 10 atom stereocenters. The molecule has 16 heteroatoms. The number of carbonyl (C=O) groups excluding carboxylic acids is 8. The van der Waals surface area contributed by atoms with Gasteiger partial charge in [-0.3, -0.25) is 38.4 Å². The normalized spacial score (nSPS) is 23.6. The monoisotopic (exact) mass is 995 g/mol. The van der Waals surface area contributed by atoms with Gasteiger partial charge in [0.1, 0.15) is 23.9 Å². The molecule has 2 fully saturated rings. The zero-order valence-corrected chi connectivity index (χ0v) is 44.5. The van der Waals surface area contributed by atoms with E-state index in [0.717, 1.165) is 49.7 Å². The van der Waals surface area contributed by atoms with Crippen LogP contribution in [0, 0.1) is 22.7 Å². The van der Waals surface area contributed by atoms with Crippen LogP contribution in [0.4, 0.5) is 0 Å². The highest BCUT2D eigenvalue weighted by Gasteiger charge is 2.48. The summed E-state index contributed by atoms with van der Waals surface area (Å²) in [7, 11) is 1.69. The molecule has 0 aromatic heterocycles. The Balaban J connectivity index is 1.14. The van der Waals surface area contributed by atoms with Crippen LogP contribution in [0.3, 0.4) is 0 Å². The van der Waals surface area contributed by atoms with E-state index < -0.39 is 70.7 Å². The van der Waals surface area contributed by atoms with Gasteiger partial charge in [-0.25, -0.2) is 0 Å². The number of carbonyl (C=O) groups is 8. The van der Waals surface area contributed by atoms with Crippen molar-refractivity contribution in [2.75, 3.05) is 20.1 Å². The molecule has 4 aliphatic rings. The minimum Gasteiger partial charge on any atom is -0.351 e. The predicted octanol–water partition coefficient (Wildman–Crippen LogP) is 5.13. The summed E-state index contributed by atoms with van der Waals surface area (Å²) in [5, 5.41) is 18.4. The van der Waals surface area contributed by atoms with Gasteiger partial charge in [-0.05, 0) is 105 Å². The lowest BCUT2D eigenvalue weighted by Crippen LogP contribution is -2.58. The number of likely N-dealkylation sites (tertiary alicyclic amines) is 2. The fourth-order valence-electron chi connectivity index (χ4n) is 10.8. The molecule has 2 heterocycles. The predicted molar refractivity (Wildman–Crippen MR) is 276 cm³/mol. The molecule has 2 aromatic carbocycles. The van der Waals surface area contributed by atoms with Crippen molar-refractivity contribution in [3.8, 4) is 0 Å². The van der Waals surface area contributed by atoms with E-state index in [9.17, 15) is 38.4 Å². The van der Waals surface area contributed by atoms with E-state index in [4.69, 9.17) is 0 Å². The molecule has 2 aromatic rings. The van der Waals surface area contributed by atoms with Crippen LogP contribution in [0.1, 0.15) is 161 Å². The Morgan fingerprint density at radius 2 is 1.10 bits per heavy atom. The van der Waals surface area contributed by atoms with Crippen LogP contribution in [-0.4, -0.2) is 113 Å². The Morgan fingerprint density at radius 1 is 0.639 bits per heavy atom. The molecule has 6 rings (SSSR count). The average Bonchev–Trinajstić information content (AvgIpc) is 3.97. The summed E-state index contributed by atoms with van der Waals surface area (Å²) in [6.45, 7) is 16.9. The summed E-state index contributed by atoms with van der Waals surface area (Å²) >= 11 is 0. The zero-order valence-electron chi connectivity index (χ0n) is 44.5. The van der Waals surface area contributed by atoms with Crippen LogP contribution in [0.5, 0.6) is 0 Å². The molecule has 0 unspecified atom stereocenters. The highest BCUT2D eigenvalue weighted by molar-refractivity contribution is 5.95. The third-order valence-corrected chi connectivity index (χ3v) is 15.6. The zero-order chi connectivity index (χ0) is 52.7. The lowest BCUT2D eigenvalue weighted by molar-refractivity contribution is -0.146. The molecule has 6 N–H and O–H groups in total. The number of ketones is 1. The summed E-state index contributed by atoms with van der Waals surface area (Å²) in [5.41, 5.74) is 3.12. The molecular formula is C56H82N8O8. The van der Waals surface area contributed by atoms with Gasteiger partial charge < -0.3 is 41.7 Å². The van der Waals surface area contributed by atoms with Crippen molar-refractivity contribution in [3.05, 3.63) is 70.8 Å². The Hall–Kier alpha value is -5.64. The summed E-state index contributed by atoms with van der Waals surface area (Å²) < 4.78 is 0. The van der Waals surface area contributed by atoms with Crippen LogP contribution >= 0.6 is 0 Å². The molecular weight excluding hydrogens is 913 g/mol. The second-order valence-corrected chi connectivity index (χ2v) is 23.0. The molecule has 0 bridgehead atoms. The van der Waals surface area contributed by atoms with E-state index in [-0.39, 0.29) is 92.6 Å². The number of hydrogen-bond donors (Lipinski definition) is 6. The van der Waals surface area contributed by atoms with Gasteiger partial charge in [-0.15, -0.1) is 0 Å². The molecule has 72 heavy (non-hydrogen) atoms. The fraction of sp³-hybridized carbons (Fsp3) is 0.643. The van der Waals surface area contributed by atoms with Gasteiger partial charge in [0.25, 0.3) is 0 Å². The molecule has 0 radical (unpaired) electrons. The SMILES string of the molecule is CC[C@@H](C)C(=O)N[C@H](C(=O)N1C[C@@H](NC(=O)CCC(=O)N[C@H]2C[C@@H](C(=O)N[C@@H]3CCCc4ccccc43)N(C(=O)[C@@H](CC(=O)[C@H](C)NC)C(C)(C)C)C2)C[C@H]1C(=O)N[C@@H]1CCCc2ccccc21)C(C)(C)C. The topological polar surface area (TPSA) is 215 Å².